The average Bonchev–Trinajstić information content (AvgIpc) is 3.13. The van der Waals surface area contributed by atoms with Crippen molar-refractivity contribution in [3.8, 4) is 17.2 Å². The van der Waals surface area contributed by atoms with Gasteiger partial charge in [-0.15, -0.1) is 0 Å². The summed E-state index contributed by atoms with van der Waals surface area (Å²) in [6.07, 6.45) is 1.45. The molecule has 7 nitrogen and oxygen atoms in total. The number of rotatable bonds is 7. The van der Waals surface area contributed by atoms with Gasteiger partial charge in [0, 0.05) is 30.8 Å². The van der Waals surface area contributed by atoms with Crippen molar-refractivity contribution in [3.05, 3.63) is 41.4 Å². The first-order valence-electron chi connectivity index (χ1n) is 8.76. The van der Waals surface area contributed by atoms with Crippen LogP contribution >= 0.6 is 11.6 Å². The minimum absolute atomic E-state index is 0.125. The smallest absolute Gasteiger partial charge is 0.262 e. The number of ether oxygens (including phenoxy) is 3. The molecule has 1 aliphatic rings. The highest BCUT2D eigenvalue weighted by molar-refractivity contribution is 6.32. The van der Waals surface area contributed by atoms with Gasteiger partial charge in [-0.1, -0.05) is 11.6 Å². The Hall–Kier alpha value is -2.93. The maximum atomic E-state index is 12.2. The Labute approximate surface area is 168 Å². The Balaban J connectivity index is 1.59. The molecule has 2 aromatic rings. The fourth-order valence-corrected chi connectivity index (χ4v) is 3.17. The molecule has 1 heterocycles. The largest absolute Gasteiger partial charge is 0.495 e. The molecule has 0 unspecified atom stereocenters. The number of carbonyl (C=O) groups excluding carboxylic acids is 2. The van der Waals surface area contributed by atoms with Crippen LogP contribution in [0.15, 0.2) is 36.4 Å². The summed E-state index contributed by atoms with van der Waals surface area (Å²) in [4.78, 5) is 25.8. The molecule has 1 fully saturated rings. The summed E-state index contributed by atoms with van der Waals surface area (Å²) in [5, 5.41) is 3.09. The third kappa shape index (κ3) is 4.48. The summed E-state index contributed by atoms with van der Waals surface area (Å²) in [7, 11) is 2.97. The summed E-state index contributed by atoms with van der Waals surface area (Å²) in [6.45, 7) is 0.546. The predicted molar refractivity (Wildman–Crippen MR) is 107 cm³/mol. The molecule has 148 valence electrons. The minimum atomic E-state index is -0.360. The standard InChI is InChI=1S/C20H21ClN2O5/c1-26-17-11-16(18(27-2)10-15(17)21)22-19(24)12-28-14-7-5-13(6-8-14)23-9-3-4-20(23)25/h5-8,10-11H,3-4,9,12H2,1-2H3,(H,22,24). The maximum absolute atomic E-state index is 12.2. The third-order valence-electron chi connectivity index (χ3n) is 4.34. The van der Waals surface area contributed by atoms with Crippen molar-refractivity contribution >= 4 is 34.8 Å². The van der Waals surface area contributed by atoms with E-state index >= 15 is 0 Å². The number of methoxy groups -OCH3 is 2. The lowest BCUT2D eigenvalue weighted by Gasteiger charge is -2.16. The van der Waals surface area contributed by atoms with Gasteiger partial charge in [0.1, 0.15) is 17.2 Å². The second kappa shape index (κ2) is 8.84. The van der Waals surface area contributed by atoms with Crippen LogP contribution in [-0.4, -0.2) is 39.2 Å². The van der Waals surface area contributed by atoms with E-state index in [-0.39, 0.29) is 18.4 Å². The van der Waals surface area contributed by atoms with Crippen LogP contribution in [0.25, 0.3) is 0 Å². The van der Waals surface area contributed by atoms with Crippen molar-refractivity contribution in [2.24, 2.45) is 0 Å². The van der Waals surface area contributed by atoms with Crippen molar-refractivity contribution in [1.82, 2.24) is 0 Å². The molecule has 0 radical (unpaired) electrons. The highest BCUT2D eigenvalue weighted by Crippen LogP contribution is 2.35. The first kappa shape index (κ1) is 19.8. The van der Waals surface area contributed by atoms with Gasteiger partial charge in [0.05, 0.1) is 24.9 Å². The van der Waals surface area contributed by atoms with Crippen LogP contribution in [0.1, 0.15) is 12.8 Å². The summed E-state index contributed by atoms with van der Waals surface area (Å²) in [5.74, 6) is 1.14. The van der Waals surface area contributed by atoms with Crippen molar-refractivity contribution < 1.29 is 23.8 Å². The highest BCUT2D eigenvalue weighted by Gasteiger charge is 2.21. The molecule has 0 aliphatic carbocycles. The zero-order valence-corrected chi connectivity index (χ0v) is 16.4. The van der Waals surface area contributed by atoms with Crippen LogP contribution in [0.2, 0.25) is 5.02 Å². The van der Waals surface area contributed by atoms with Crippen molar-refractivity contribution in [1.29, 1.82) is 0 Å². The van der Waals surface area contributed by atoms with E-state index in [4.69, 9.17) is 25.8 Å². The van der Waals surface area contributed by atoms with Crippen molar-refractivity contribution in [2.45, 2.75) is 12.8 Å². The number of benzene rings is 2. The Morgan fingerprint density at radius 1 is 1.14 bits per heavy atom. The fourth-order valence-electron chi connectivity index (χ4n) is 2.94. The summed E-state index contributed by atoms with van der Waals surface area (Å²) in [5.41, 5.74) is 1.26. The van der Waals surface area contributed by atoms with E-state index in [2.05, 4.69) is 5.32 Å². The molecule has 1 aliphatic heterocycles. The number of anilines is 2. The fraction of sp³-hybridized carbons (Fsp3) is 0.300. The maximum Gasteiger partial charge on any atom is 0.262 e. The number of halogens is 1. The van der Waals surface area contributed by atoms with Gasteiger partial charge in [-0.25, -0.2) is 0 Å². The lowest BCUT2D eigenvalue weighted by molar-refractivity contribution is -0.118. The Kier molecular flexibility index (Phi) is 6.26. The lowest BCUT2D eigenvalue weighted by Crippen LogP contribution is -2.23. The van der Waals surface area contributed by atoms with Crippen LogP contribution in [0.5, 0.6) is 17.2 Å². The molecule has 0 bridgehead atoms. The molecule has 2 aromatic carbocycles. The molecular formula is C20H21ClN2O5. The molecule has 0 saturated carbocycles. The molecule has 28 heavy (non-hydrogen) atoms. The van der Waals surface area contributed by atoms with Gasteiger partial charge in [-0.2, -0.15) is 0 Å². The van der Waals surface area contributed by atoms with Crippen LogP contribution in [0, 0.1) is 0 Å². The molecule has 3 rings (SSSR count). The second-order valence-electron chi connectivity index (χ2n) is 6.17. The number of hydrogen-bond donors (Lipinski definition) is 1. The summed E-state index contributed by atoms with van der Waals surface area (Å²) in [6, 6.07) is 10.2. The van der Waals surface area contributed by atoms with Gasteiger partial charge in [0.25, 0.3) is 5.91 Å². The third-order valence-corrected chi connectivity index (χ3v) is 4.64. The number of nitrogens with zero attached hydrogens (tertiary/aromatic N) is 1. The molecular weight excluding hydrogens is 384 g/mol. The molecule has 0 spiro atoms. The number of amides is 2. The molecule has 0 atom stereocenters. The van der Waals surface area contributed by atoms with Gasteiger partial charge in [0.2, 0.25) is 5.91 Å². The van der Waals surface area contributed by atoms with E-state index in [0.717, 1.165) is 18.7 Å². The number of hydrogen-bond acceptors (Lipinski definition) is 5. The minimum Gasteiger partial charge on any atom is -0.495 e. The van der Waals surface area contributed by atoms with Crippen molar-refractivity contribution in [3.63, 3.8) is 0 Å². The van der Waals surface area contributed by atoms with E-state index in [1.54, 1.807) is 29.2 Å². The molecule has 2 amide bonds. The zero-order valence-electron chi connectivity index (χ0n) is 15.7. The predicted octanol–water partition coefficient (Wildman–Crippen LogP) is 3.50. The van der Waals surface area contributed by atoms with Crippen LogP contribution in [0.4, 0.5) is 11.4 Å². The summed E-state index contributed by atoms with van der Waals surface area (Å²) < 4.78 is 15.9. The number of carbonyl (C=O) groups is 2. The van der Waals surface area contributed by atoms with Gasteiger partial charge in [0.15, 0.2) is 6.61 Å². The van der Waals surface area contributed by atoms with E-state index in [9.17, 15) is 9.59 Å². The Morgan fingerprint density at radius 3 is 2.46 bits per heavy atom. The Bertz CT molecular complexity index is 870. The van der Waals surface area contributed by atoms with Crippen molar-refractivity contribution in [2.75, 3.05) is 37.6 Å². The van der Waals surface area contributed by atoms with Gasteiger partial charge in [-0.3, -0.25) is 9.59 Å². The van der Waals surface area contributed by atoms with E-state index in [1.807, 2.05) is 12.1 Å². The normalized spacial score (nSPS) is 13.4. The summed E-state index contributed by atoms with van der Waals surface area (Å²) >= 11 is 6.06. The van der Waals surface area contributed by atoms with E-state index in [0.29, 0.717) is 34.4 Å². The molecule has 1 N–H and O–H groups in total. The average molecular weight is 405 g/mol. The molecule has 1 saturated heterocycles. The quantitative estimate of drug-likeness (QED) is 0.764. The van der Waals surface area contributed by atoms with E-state index in [1.165, 1.54) is 14.2 Å². The van der Waals surface area contributed by atoms with Crippen LogP contribution in [-0.2, 0) is 9.59 Å². The second-order valence-corrected chi connectivity index (χ2v) is 6.57. The first-order valence-corrected chi connectivity index (χ1v) is 9.14. The molecule has 8 heteroatoms. The molecule has 0 aromatic heterocycles. The topological polar surface area (TPSA) is 77.1 Å². The van der Waals surface area contributed by atoms with Crippen LogP contribution < -0.4 is 24.4 Å². The lowest BCUT2D eigenvalue weighted by atomic mass is 10.2. The SMILES string of the molecule is COc1cc(NC(=O)COc2ccc(N3CCCC3=O)cc2)c(OC)cc1Cl. The van der Waals surface area contributed by atoms with Gasteiger partial charge >= 0.3 is 0 Å². The number of nitrogens with one attached hydrogen (secondary N) is 1. The first-order chi connectivity index (χ1) is 13.5. The zero-order chi connectivity index (χ0) is 20.1. The van der Waals surface area contributed by atoms with Gasteiger partial charge < -0.3 is 24.4 Å². The van der Waals surface area contributed by atoms with Crippen LogP contribution in [0.3, 0.4) is 0 Å². The monoisotopic (exact) mass is 404 g/mol. The van der Waals surface area contributed by atoms with E-state index < -0.39 is 0 Å². The Morgan fingerprint density at radius 2 is 1.86 bits per heavy atom. The van der Waals surface area contributed by atoms with Gasteiger partial charge in [-0.05, 0) is 30.7 Å². The highest BCUT2D eigenvalue weighted by atomic mass is 35.5.